The normalized spacial score (nSPS) is 23.5. The van der Waals surface area contributed by atoms with Gasteiger partial charge in [0.2, 0.25) is 10.0 Å². The van der Waals surface area contributed by atoms with Gasteiger partial charge in [-0.25, -0.2) is 8.42 Å². The molecule has 1 saturated heterocycles. The van der Waals surface area contributed by atoms with Crippen molar-refractivity contribution in [2.75, 3.05) is 13.1 Å². The van der Waals surface area contributed by atoms with E-state index in [2.05, 4.69) is 0 Å². The lowest BCUT2D eigenvalue weighted by Crippen LogP contribution is -2.29. The van der Waals surface area contributed by atoms with Crippen molar-refractivity contribution in [3.8, 4) is 0 Å². The zero-order valence-electron chi connectivity index (χ0n) is 8.50. The van der Waals surface area contributed by atoms with Crippen molar-refractivity contribution < 1.29 is 13.5 Å². The number of hydrogen-bond donors (Lipinski definition) is 1. The van der Waals surface area contributed by atoms with Gasteiger partial charge in [0.05, 0.1) is 11.0 Å². The van der Waals surface area contributed by atoms with Crippen LogP contribution in [0.15, 0.2) is 23.4 Å². The predicted octanol–water partition coefficient (Wildman–Crippen LogP) is -0.220. The molecule has 0 saturated carbocycles. The summed E-state index contributed by atoms with van der Waals surface area (Å²) in [5.41, 5.74) is 0. The number of nitrogens with zero attached hydrogens (tertiary/aromatic N) is 2. The largest absolute Gasteiger partial charge is 0.392 e. The minimum atomic E-state index is -3.40. The summed E-state index contributed by atoms with van der Waals surface area (Å²) in [4.78, 5) is 0.291. The minimum absolute atomic E-state index is 0.206. The average Bonchev–Trinajstić information content (AvgIpc) is 2.74. The lowest BCUT2D eigenvalue weighted by molar-refractivity contribution is 0.189. The molecule has 6 heteroatoms. The third kappa shape index (κ3) is 1.92. The maximum Gasteiger partial charge on any atom is 0.244 e. The van der Waals surface area contributed by atoms with Gasteiger partial charge in [0.15, 0.2) is 0 Å². The molecule has 2 rings (SSSR count). The molecule has 1 atom stereocenters. The van der Waals surface area contributed by atoms with Gasteiger partial charge in [-0.2, -0.15) is 4.31 Å². The van der Waals surface area contributed by atoms with Crippen LogP contribution in [0.25, 0.3) is 0 Å². The van der Waals surface area contributed by atoms with Crippen molar-refractivity contribution in [2.45, 2.75) is 17.4 Å². The van der Waals surface area contributed by atoms with E-state index in [-0.39, 0.29) is 6.54 Å². The Labute approximate surface area is 89.0 Å². The molecule has 1 aromatic heterocycles. The smallest absolute Gasteiger partial charge is 0.244 e. The Hall–Kier alpha value is -0.850. The molecular weight excluding hydrogens is 216 g/mol. The van der Waals surface area contributed by atoms with E-state index >= 15 is 0 Å². The first-order valence-corrected chi connectivity index (χ1v) is 6.24. The van der Waals surface area contributed by atoms with Gasteiger partial charge < -0.3 is 9.67 Å². The zero-order chi connectivity index (χ0) is 11.1. The van der Waals surface area contributed by atoms with Gasteiger partial charge >= 0.3 is 0 Å². The lowest BCUT2D eigenvalue weighted by Gasteiger charge is -2.14. The molecule has 0 aromatic carbocycles. The molecule has 1 aliphatic heterocycles. The Balaban J connectivity index is 2.27. The van der Waals surface area contributed by atoms with Gasteiger partial charge in [0, 0.05) is 32.5 Å². The molecule has 1 fully saturated rings. The summed E-state index contributed by atoms with van der Waals surface area (Å²) in [7, 11) is -1.62. The molecule has 0 bridgehead atoms. The van der Waals surface area contributed by atoms with Crippen LogP contribution in [-0.2, 0) is 17.1 Å². The number of rotatable bonds is 2. The average molecular weight is 230 g/mol. The first kappa shape index (κ1) is 10.7. The van der Waals surface area contributed by atoms with Gasteiger partial charge in [-0.15, -0.1) is 0 Å². The van der Waals surface area contributed by atoms with Crippen LogP contribution < -0.4 is 0 Å². The van der Waals surface area contributed by atoms with E-state index in [1.54, 1.807) is 30.1 Å². The third-order valence-corrected chi connectivity index (χ3v) is 4.42. The Bertz CT molecular complexity index is 452. The highest BCUT2D eigenvalue weighted by Crippen LogP contribution is 2.20. The molecule has 1 aromatic rings. The van der Waals surface area contributed by atoms with E-state index in [0.717, 1.165) is 0 Å². The molecule has 0 amide bonds. The highest BCUT2D eigenvalue weighted by Gasteiger charge is 2.31. The first-order valence-electron chi connectivity index (χ1n) is 4.80. The van der Waals surface area contributed by atoms with Crippen LogP contribution in [0.1, 0.15) is 6.42 Å². The number of aromatic nitrogens is 1. The van der Waals surface area contributed by atoms with E-state index in [0.29, 0.717) is 17.9 Å². The van der Waals surface area contributed by atoms with Crippen molar-refractivity contribution in [1.29, 1.82) is 0 Å². The first-order chi connectivity index (χ1) is 7.00. The lowest BCUT2D eigenvalue weighted by atomic mass is 10.3. The fourth-order valence-corrected chi connectivity index (χ4v) is 3.25. The summed E-state index contributed by atoms with van der Waals surface area (Å²) in [5, 5.41) is 9.30. The van der Waals surface area contributed by atoms with E-state index in [1.165, 1.54) is 4.31 Å². The molecular formula is C9H14N2O3S. The van der Waals surface area contributed by atoms with Gasteiger partial charge in [-0.05, 0) is 12.5 Å². The molecule has 0 radical (unpaired) electrons. The van der Waals surface area contributed by atoms with Gasteiger partial charge in [0.25, 0.3) is 0 Å². The summed E-state index contributed by atoms with van der Waals surface area (Å²) < 4.78 is 27.0. The number of sulfonamides is 1. The number of hydrogen-bond acceptors (Lipinski definition) is 3. The van der Waals surface area contributed by atoms with Crippen LogP contribution in [0.4, 0.5) is 0 Å². The molecule has 1 N–H and O–H groups in total. The fourth-order valence-electron chi connectivity index (χ4n) is 1.71. The number of aryl methyl sites for hydroxylation is 1. The number of β-amino-alcohol motifs (C(OH)–C–C–N with tert-alkyl or cyclic N) is 1. The van der Waals surface area contributed by atoms with Crippen LogP contribution in [0, 0.1) is 0 Å². The summed E-state index contributed by atoms with van der Waals surface area (Å²) >= 11 is 0. The Kier molecular flexibility index (Phi) is 2.57. The summed E-state index contributed by atoms with van der Waals surface area (Å²) in [6.07, 6.45) is 3.26. The Morgan fingerprint density at radius 3 is 2.73 bits per heavy atom. The summed E-state index contributed by atoms with van der Waals surface area (Å²) in [6, 6.07) is 1.57. The van der Waals surface area contributed by atoms with E-state index in [1.807, 2.05) is 0 Å². The maximum absolute atomic E-state index is 12.0. The van der Waals surface area contributed by atoms with Crippen LogP contribution >= 0.6 is 0 Å². The zero-order valence-corrected chi connectivity index (χ0v) is 9.31. The second-order valence-corrected chi connectivity index (χ2v) is 5.76. The monoisotopic (exact) mass is 230 g/mol. The highest BCUT2D eigenvalue weighted by atomic mass is 32.2. The predicted molar refractivity (Wildman–Crippen MR) is 54.8 cm³/mol. The molecule has 5 nitrogen and oxygen atoms in total. The fraction of sp³-hybridized carbons (Fsp3) is 0.556. The maximum atomic E-state index is 12.0. The van der Waals surface area contributed by atoms with Gasteiger partial charge in [-0.3, -0.25) is 0 Å². The second-order valence-electron chi connectivity index (χ2n) is 3.82. The third-order valence-electron chi connectivity index (χ3n) is 2.57. The quantitative estimate of drug-likeness (QED) is 0.764. The van der Waals surface area contributed by atoms with Crippen LogP contribution in [0.3, 0.4) is 0 Å². The molecule has 15 heavy (non-hydrogen) atoms. The molecule has 0 spiro atoms. The van der Waals surface area contributed by atoms with Crippen molar-refractivity contribution in [3.63, 3.8) is 0 Å². The minimum Gasteiger partial charge on any atom is -0.392 e. The Morgan fingerprint density at radius 2 is 2.27 bits per heavy atom. The molecule has 0 unspecified atom stereocenters. The molecule has 2 heterocycles. The number of aliphatic hydroxyl groups is 1. The van der Waals surface area contributed by atoms with Gasteiger partial charge in [0.1, 0.15) is 0 Å². The number of aliphatic hydroxyl groups excluding tert-OH is 1. The second kappa shape index (κ2) is 3.62. The van der Waals surface area contributed by atoms with Crippen LogP contribution in [-0.4, -0.2) is 41.6 Å². The van der Waals surface area contributed by atoms with E-state index < -0.39 is 16.1 Å². The van der Waals surface area contributed by atoms with Crippen LogP contribution in [0.5, 0.6) is 0 Å². The molecule has 84 valence electrons. The topological polar surface area (TPSA) is 62.5 Å². The van der Waals surface area contributed by atoms with E-state index in [4.69, 9.17) is 0 Å². The van der Waals surface area contributed by atoms with Crippen molar-refractivity contribution in [1.82, 2.24) is 8.87 Å². The van der Waals surface area contributed by atoms with Crippen molar-refractivity contribution >= 4 is 10.0 Å². The van der Waals surface area contributed by atoms with Gasteiger partial charge in [-0.1, -0.05) is 0 Å². The standard InChI is InChI=1S/C9H14N2O3S/c1-10-4-3-9(7-10)15(13,14)11-5-2-8(12)6-11/h3-4,7-8,12H,2,5-6H2,1H3/t8-/m0/s1. The summed E-state index contributed by atoms with van der Waals surface area (Å²) in [5.74, 6) is 0. The molecule has 0 aliphatic carbocycles. The van der Waals surface area contributed by atoms with Crippen molar-refractivity contribution in [3.05, 3.63) is 18.5 Å². The Morgan fingerprint density at radius 1 is 1.53 bits per heavy atom. The SMILES string of the molecule is Cn1ccc(S(=O)(=O)N2CC[C@H](O)C2)c1. The van der Waals surface area contributed by atoms with Crippen LogP contribution in [0.2, 0.25) is 0 Å². The van der Waals surface area contributed by atoms with E-state index in [9.17, 15) is 13.5 Å². The molecule has 1 aliphatic rings. The van der Waals surface area contributed by atoms with Crippen molar-refractivity contribution in [2.24, 2.45) is 7.05 Å². The highest BCUT2D eigenvalue weighted by molar-refractivity contribution is 7.89. The summed E-state index contributed by atoms with van der Waals surface area (Å²) in [6.45, 7) is 0.607.